The second-order valence-electron chi connectivity index (χ2n) is 5.67. The highest BCUT2D eigenvalue weighted by Gasteiger charge is 2.21. The fourth-order valence-electron chi connectivity index (χ4n) is 1.93. The van der Waals surface area contributed by atoms with Gasteiger partial charge in [0.15, 0.2) is 11.5 Å². The van der Waals surface area contributed by atoms with Gasteiger partial charge in [0.05, 0.1) is 7.11 Å². The Morgan fingerprint density at radius 2 is 2.00 bits per heavy atom. The molecular weight excluding hydrogens is 228 g/mol. The second kappa shape index (κ2) is 5.42. The topological polar surface area (TPSA) is 46.5 Å². The largest absolute Gasteiger partial charge is 0.504 e. The van der Waals surface area contributed by atoms with Crippen LogP contribution < -0.4 is 4.74 Å². The van der Waals surface area contributed by atoms with E-state index in [0.717, 1.165) is 17.4 Å². The number of aldehydes is 1. The first kappa shape index (κ1) is 14.6. The summed E-state index contributed by atoms with van der Waals surface area (Å²) in [7, 11) is 1.53. The minimum Gasteiger partial charge on any atom is -0.504 e. The summed E-state index contributed by atoms with van der Waals surface area (Å²) in [4.78, 5) is 10.7. The number of hydrogen-bond donors (Lipinski definition) is 1. The number of methoxy groups -OCH3 is 1. The van der Waals surface area contributed by atoms with Gasteiger partial charge in [0.25, 0.3) is 0 Å². The molecule has 1 rings (SSSR count). The Morgan fingerprint density at radius 1 is 1.39 bits per heavy atom. The Kier molecular flexibility index (Phi) is 4.38. The van der Waals surface area contributed by atoms with E-state index in [1.807, 2.05) is 13.0 Å². The van der Waals surface area contributed by atoms with E-state index in [0.29, 0.717) is 12.2 Å². The predicted molar refractivity (Wildman–Crippen MR) is 72.5 cm³/mol. The molecular formula is C15H22O3. The monoisotopic (exact) mass is 250 g/mol. The zero-order valence-corrected chi connectivity index (χ0v) is 11.8. The Hall–Kier alpha value is -1.51. The van der Waals surface area contributed by atoms with E-state index in [4.69, 9.17) is 4.74 Å². The summed E-state index contributed by atoms with van der Waals surface area (Å²) in [6.07, 6.45) is 1.31. The SMILES string of the molecule is COc1c(O)cc(C(C)(C)C)cc1C(C)CC=O. The van der Waals surface area contributed by atoms with Crippen LogP contribution in [0.15, 0.2) is 12.1 Å². The third kappa shape index (κ3) is 3.03. The van der Waals surface area contributed by atoms with Crippen LogP contribution in [-0.2, 0) is 10.2 Å². The Bertz CT molecular complexity index is 430. The first-order valence-corrected chi connectivity index (χ1v) is 6.16. The van der Waals surface area contributed by atoms with Gasteiger partial charge >= 0.3 is 0 Å². The average molecular weight is 250 g/mol. The molecule has 0 radical (unpaired) electrons. The Labute approximate surface area is 109 Å². The number of hydrogen-bond acceptors (Lipinski definition) is 3. The van der Waals surface area contributed by atoms with Crippen molar-refractivity contribution in [1.82, 2.24) is 0 Å². The van der Waals surface area contributed by atoms with Crippen LogP contribution in [0.25, 0.3) is 0 Å². The van der Waals surface area contributed by atoms with Crippen molar-refractivity contribution >= 4 is 6.29 Å². The smallest absolute Gasteiger partial charge is 0.163 e. The molecule has 0 bridgehead atoms. The van der Waals surface area contributed by atoms with Crippen molar-refractivity contribution in [2.24, 2.45) is 0 Å². The summed E-state index contributed by atoms with van der Waals surface area (Å²) in [5.41, 5.74) is 1.86. The standard InChI is InChI=1S/C15H22O3/c1-10(6-7-16)12-8-11(15(2,3)4)9-13(17)14(12)18-5/h7-10,17H,6H2,1-5H3. The molecule has 18 heavy (non-hydrogen) atoms. The van der Waals surface area contributed by atoms with Crippen molar-refractivity contribution in [2.75, 3.05) is 7.11 Å². The zero-order chi connectivity index (χ0) is 13.9. The number of carbonyl (C=O) groups excluding carboxylic acids is 1. The number of aromatic hydroxyl groups is 1. The molecule has 0 aliphatic heterocycles. The van der Waals surface area contributed by atoms with Gasteiger partial charge < -0.3 is 14.6 Å². The molecule has 0 aliphatic rings. The summed E-state index contributed by atoms with van der Waals surface area (Å²) in [5, 5.41) is 10.0. The van der Waals surface area contributed by atoms with Gasteiger partial charge in [-0.05, 0) is 23.0 Å². The molecule has 3 nitrogen and oxygen atoms in total. The molecule has 1 N–H and O–H groups in total. The summed E-state index contributed by atoms with van der Waals surface area (Å²) < 4.78 is 5.25. The van der Waals surface area contributed by atoms with Crippen LogP contribution in [0, 0.1) is 0 Å². The number of benzene rings is 1. The molecule has 1 aromatic rings. The molecule has 0 saturated carbocycles. The molecule has 100 valence electrons. The molecule has 1 aromatic carbocycles. The Morgan fingerprint density at radius 3 is 2.44 bits per heavy atom. The lowest BCUT2D eigenvalue weighted by Crippen LogP contribution is -2.12. The van der Waals surface area contributed by atoms with Gasteiger partial charge in [-0.25, -0.2) is 0 Å². The van der Waals surface area contributed by atoms with Crippen LogP contribution in [0.4, 0.5) is 0 Å². The molecule has 0 saturated heterocycles. The van der Waals surface area contributed by atoms with Crippen molar-refractivity contribution < 1.29 is 14.6 Å². The third-order valence-corrected chi connectivity index (χ3v) is 3.15. The van der Waals surface area contributed by atoms with Crippen LogP contribution in [0.2, 0.25) is 0 Å². The maximum absolute atomic E-state index is 10.7. The molecule has 0 aliphatic carbocycles. The van der Waals surface area contributed by atoms with Crippen molar-refractivity contribution in [3.8, 4) is 11.5 Å². The van der Waals surface area contributed by atoms with E-state index < -0.39 is 0 Å². The lowest BCUT2D eigenvalue weighted by Gasteiger charge is -2.23. The van der Waals surface area contributed by atoms with Gasteiger partial charge in [-0.3, -0.25) is 0 Å². The van der Waals surface area contributed by atoms with E-state index in [1.165, 1.54) is 7.11 Å². The number of ether oxygens (including phenoxy) is 1. The maximum atomic E-state index is 10.7. The summed E-state index contributed by atoms with van der Waals surface area (Å²) in [6, 6.07) is 3.75. The normalized spacial score (nSPS) is 13.2. The molecule has 1 unspecified atom stereocenters. The number of phenolic OH excluding ortho intramolecular Hbond substituents is 1. The van der Waals surface area contributed by atoms with Gasteiger partial charge in [-0.15, -0.1) is 0 Å². The van der Waals surface area contributed by atoms with Crippen molar-refractivity contribution in [3.05, 3.63) is 23.3 Å². The molecule has 0 heterocycles. The predicted octanol–water partition coefficient (Wildman–Crippen LogP) is 3.39. The zero-order valence-electron chi connectivity index (χ0n) is 11.8. The fourth-order valence-corrected chi connectivity index (χ4v) is 1.93. The lowest BCUT2D eigenvalue weighted by atomic mass is 9.83. The quantitative estimate of drug-likeness (QED) is 0.833. The summed E-state index contributed by atoms with van der Waals surface area (Å²) >= 11 is 0. The van der Waals surface area contributed by atoms with Gasteiger partial charge in [-0.2, -0.15) is 0 Å². The molecule has 0 fully saturated rings. The summed E-state index contributed by atoms with van der Waals surface area (Å²) in [6.45, 7) is 8.21. The van der Waals surface area contributed by atoms with Gasteiger partial charge in [-0.1, -0.05) is 33.8 Å². The maximum Gasteiger partial charge on any atom is 0.163 e. The first-order chi connectivity index (χ1) is 8.31. The van der Waals surface area contributed by atoms with Gasteiger partial charge in [0, 0.05) is 12.0 Å². The highest BCUT2D eigenvalue weighted by molar-refractivity contribution is 5.56. The van der Waals surface area contributed by atoms with Crippen LogP contribution in [0.1, 0.15) is 51.2 Å². The molecule has 0 spiro atoms. The highest BCUT2D eigenvalue weighted by Crippen LogP contribution is 2.39. The molecule has 1 atom stereocenters. The number of carbonyl (C=O) groups is 1. The molecule has 0 amide bonds. The molecule has 3 heteroatoms. The minimum atomic E-state index is -0.0562. The van der Waals surface area contributed by atoms with Gasteiger partial charge in [0.2, 0.25) is 0 Å². The highest BCUT2D eigenvalue weighted by atomic mass is 16.5. The molecule has 0 aromatic heterocycles. The number of rotatable bonds is 4. The van der Waals surface area contributed by atoms with Crippen molar-refractivity contribution in [1.29, 1.82) is 0 Å². The fraction of sp³-hybridized carbons (Fsp3) is 0.533. The Balaban J connectivity index is 3.36. The van der Waals surface area contributed by atoms with Crippen LogP contribution in [0.5, 0.6) is 11.5 Å². The van der Waals surface area contributed by atoms with Gasteiger partial charge in [0.1, 0.15) is 6.29 Å². The average Bonchev–Trinajstić information content (AvgIpc) is 2.27. The minimum absolute atomic E-state index is 0.0330. The van der Waals surface area contributed by atoms with E-state index in [1.54, 1.807) is 6.07 Å². The number of phenols is 1. The van der Waals surface area contributed by atoms with Crippen LogP contribution in [0.3, 0.4) is 0 Å². The summed E-state index contributed by atoms with van der Waals surface area (Å²) in [5.74, 6) is 0.640. The first-order valence-electron chi connectivity index (χ1n) is 6.16. The van der Waals surface area contributed by atoms with Crippen LogP contribution in [-0.4, -0.2) is 18.5 Å². The van der Waals surface area contributed by atoms with Crippen molar-refractivity contribution in [2.45, 2.75) is 45.4 Å². The van der Waals surface area contributed by atoms with E-state index >= 15 is 0 Å². The van der Waals surface area contributed by atoms with E-state index in [9.17, 15) is 9.90 Å². The van der Waals surface area contributed by atoms with E-state index in [-0.39, 0.29) is 17.1 Å². The van der Waals surface area contributed by atoms with Crippen LogP contribution >= 0.6 is 0 Å². The van der Waals surface area contributed by atoms with E-state index in [2.05, 4.69) is 20.8 Å². The lowest BCUT2D eigenvalue weighted by molar-refractivity contribution is -0.108. The second-order valence-corrected chi connectivity index (χ2v) is 5.67. The third-order valence-electron chi connectivity index (χ3n) is 3.15. The van der Waals surface area contributed by atoms with Crippen molar-refractivity contribution in [3.63, 3.8) is 0 Å².